The van der Waals surface area contributed by atoms with E-state index < -0.39 is 22.8 Å². The van der Waals surface area contributed by atoms with Crippen LogP contribution in [0.5, 0.6) is 0 Å². The van der Waals surface area contributed by atoms with Crippen LogP contribution in [0.3, 0.4) is 0 Å². The second-order valence-corrected chi connectivity index (χ2v) is 10.6. The third-order valence-electron chi connectivity index (χ3n) is 6.70. The number of aromatic nitrogens is 1. The van der Waals surface area contributed by atoms with E-state index in [1.165, 1.54) is 35.3 Å². The van der Waals surface area contributed by atoms with Gasteiger partial charge < -0.3 is 15.0 Å². The van der Waals surface area contributed by atoms with Gasteiger partial charge in [-0.2, -0.15) is 11.8 Å². The Morgan fingerprint density at radius 1 is 0.878 bits per heavy atom. The maximum absolute atomic E-state index is 12.4. The molecule has 206 valence electrons. The van der Waals surface area contributed by atoms with Gasteiger partial charge in [-0.05, 0) is 51.9 Å². The Morgan fingerprint density at radius 2 is 1.59 bits per heavy atom. The van der Waals surface area contributed by atoms with E-state index in [9.17, 15) is 24.8 Å². The normalized spacial score (nSPS) is 11.7. The average molecular weight is 566 g/mol. The minimum absolute atomic E-state index is 0.116. The predicted molar refractivity (Wildman–Crippen MR) is 161 cm³/mol. The Hall–Kier alpha value is -4.89. The quantitative estimate of drug-likeness (QED) is 0.145. The highest BCUT2D eigenvalue weighted by Crippen LogP contribution is 2.25. The number of nitrogens with zero attached hydrogens (tertiary/aromatic N) is 2. The lowest BCUT2D eigenvalue weighted by Gasteiger charge is -2.14. The van der Waals surface area contributed by atoms with Crippen molar-refractivity contribution in [2.75, 3.05) is 5.75 Å². The molecule has 5 rings (SSSR count). The van der Waals surface area contributed by atoms with E-state index >= 15 is 0 Å². The van der Waals surface area contributed by atoms with Gasteiger partial charge in [0.2, 0.25) is 5.91 Å². The molecule has 1 heterocycles. The molecule has 8 nitrogen and oxygen atoms in total. The number of nitro benzene ring substituents is 1. The molecule has 1 amide bonds. The Labute approximate surface area is 240 Å². The van der Waals surface area contributed by atoms with Crippen molar-refractivity contribution in [2.45, 2.75) is 18.2 Å². The molecule has 5 aromatic rings. The molecule has 1 aromatic heterocycles. The molecule has 0 aliphatic heterocycles. The first-order chi connectivity index (χ1) is 19.9. The zero-order valence-corrected chi connectivity index (χ0v) is 22.8. The first kappa shape index (κ1) is 27.7. The van der Waals surface area contributed by atoms with Crippen molar-refractivity contribution in [1.82, 2.24) is 9.88 Å². The summed E-state index contributed by atoms with van der Waals surface area (Å²) in [4.78, 5) is 34.5. The van der Waals surface area contributed by atoms with Gasteiger partial charge in [0, 0.05) is 35.5 Å². The summed E-state index contributed by atoms with van der Waals surface area (Å²) in [7, 11) is 0. The van der Waals surface area contributed by atoms with Gasteiger partial charge in [0.05, 0.1) is 16.9 Å². The number of amides is 1. The van der Waals surface area contributed by atoms with Crippen molar-refractivity contribution in [3.8, 4) is 16.8 Å². The summed E-state index contributed by atoms with van der Waals surface area (Å²) in [6.45, 7) is 0. The largest absolute Gasteiger partial charge is 0.480 e. The number of carboxylic acids is 1. The molecule has 0 saturated carbocycles. The number of aliphatic carboxylic acids is 1. The topological polar surface area (TPSA) is 114 Å². The van der Waals surface area contributed by atoms with Gasteiger partial charge in [-0.1, -0.05) is 66.7 Å². The Morgan fingerprint density at radius 3 is 2.29 bits per heavy atom. The van der Waals surface area contributed by atoms with E-state index in [1.807, 2.05) is 36.4 Å². The van der Waals surface area contributed by atoms with Crippen LogP contribution in [0.2, 0.25) is 0 Å². The van der Waals surface area contributed by atoms with Crippen LogP contribution in [0.25, 0.3) is 27.7 Å². The van der Waals surface area contributed by atoms with Crippen molar-refractivity contribution in [1.29, 1.82) is 0 Å². The molecule has 0 fully saturated rings. The smallest absolute Gasteiger partial charge is 0.327 e. The molecule has 4 aromatic carbocycles. The Bertz CT molecular complexity index is 1700. The van der Waals surface area contributed by atoms with Crippen LogP contribution in [-0.4, -0.2) is 38.3 Å². The number of nitro groups is 1. The van der Waals surface area contributed by atoms with E-state index in [0.29, 0.717) is 11.3 Å². The van der Waals surface area contributed by atoms with Gasteiger partial charge in [0.1, 0.15) is 6.04 Å². The van der Waals surface area contributed by atoms with Crippen LogP contribution in [0, 0.1) is 10.1 Å². The van der Waals surface area contributed by atoms with Crippen molar-refractivity contribution in [3.63, 3.8) is 0 Å². The molecule has 0 spiro atoms. The number of thioether (sulfide) groups is 1. The molecule has 1 atom stereocenters. The van der Waals surface area contributed by atoms with Gasteiger partial charge in [-0.25, -0.2) is 4.79 Å². The minimum atomic E-state index is -1.13. The molecule has 0 unspecified atom stereocenters. The third kappa shape index (κ3) is 6.82. The van der Waals surface area contributed by atoms with Crippen LogP contribution >= 0.6 is 11.8 Å². The fraction of sp³-hybridized carbons (Fsp3) is 0.125. The second-order valence-electron chi connectivity index (χ2n) is 9.57. The molecule has 0 bridgehead atoms. The van der Waals surface area contributed by atoms with E-state index in [2.05, 4.69) is 58.5 Å². The predicted octanol–water partition coefficient (Wildman–Crippen LogP) is 6.25. The zero-order chi connectivity index (χ0) is 28.8. The lowest BCUT2D eigenvalue weighted by atomic mass is 10.0. The number of hydrogen-bond acceptors (Lipinski definition) is 5. The number of carbonyl (C=O) groups is 2. The summed E-state index contributed by atoms with van der Waals surface area (Å²) < 4.78 is 2.17. The van der Waals surface area contributed by atoms with Crippen LogP contribution in [0.4, 0.5) is 5.69 Å². The van der Waals surface area contributed by atoms with E-state index in [1.54, 1.807) is 6.07 Å². The Balaban J connectivity index is 1.14. The number of non-ortho nitro benzene ring substituents is 1. The number of hydrogen-bond donors (Lipinski definition) is 2. The van der Waals surface area contributed by atoms with E-state index in [-0.39, 0.29) is 17.9 Å². The number of benzene rings is 4. The first-order valence-corrected chi connectivity index (χ1v) is 14.1. The monoisotopic (exact) mass is 565 g/mol. The lowest BCUT2D eigenvalue weighted by Crippen LogP contribution is -2.43. The number of nitrogens with one attached hydrogen (secondary N) is 1. The van der Waals surface area contributed by atoms with E-state index in [0.717, 1.165) is 27.9 Å². The van der Waals surface area contributed by atoms with Crippen LogP contribution in [0.15, 0.2) is 109 Å². The Kier molecular flexibility index (Phi) is 8.45. The van der Waals surface area contributed by atoms with Crippen LogP contribution in [0.1, 0.15) is 11.1 Å². The van der Waals surface area contributed by atoms with Crippen molar-refractivity contribution in [2.24, 2.45) is 0 Å². The summed E-state index contributed by atoms with van der Waals surface area (Å²) in [5.74, 6) is -0.854. The number of fused-ring (bicyclic) bond motifs is 1. The van der Waals surface area contributed by atoms with Crippen LogP contribution in [-0.2, 0) is 21.8 Å². The number of carbonyl (C=O) groups excluding carboxylic acids is 1. The van der Waals surface area contributed by atoms with Crippen LogP contribution < -0.4 is 5.32 Å². The fourth-order valence-electron chi connectivity index (χ4n) is 4.60. The second kappa shape index (κ2) is 12.5. The van der Waals surface area contributed by atoms with Gasteiger partial charge in [-0.3, -0.25) is 14.9 Å². The fourth-order valence-corrected chi connectivity index (χ4v) is 5.60. The molecule has 0 aliphatic carbocycles. The number of para-hydroxylation sites is 1. The molecule has 2 N–H and O–H groups in total. The van der Waals surface area contributed by atoms with Gasteiger partial charge in [0.25, 0.3) is 5.69 Å². The standard InChI is InChI=1S/C32H27N3O5S/c36-31(19-23-4-3-6-28(18-23)35(39)40)33-29(32(37)38)21-41-20-22-8-10-24(11-9-22)25-12-14-27(15-13-25)34-17-16-26-5-1-2-7-30(26)34/h1-18,29H,19-21H2,(H,33,36)(H,37,38)/t29-/m0/s1. The highest BCUT2D eigenvalue weighted by molar-refractivity contribution is 7.98. The summed E-state index contributed by atoms with van der Waals surface area (Å²) in [6.07, 6.45) is 1.93. The molecule has 0 saturated heterocycles. The molecular weight excluding hydrogens is 538 g/mol. The van der Waals surface area contributed by atoms with Gasteiger partial charge >= 0.3 is 5.97 Å². The lowest BCUT2D eigenvalue weighted by molar-refractivity contribution is -0.384. The maximum Gasteiger partial charge on any atom is 0.327 e. The summed E-state index contributed by atoms with van der Waals surface area (Å²) in [5, 5.41) is 24.2. The number of carboxylic acid groups (broad SMARTS) is 1. The van der Waals surface area contributed by atoms with Crippen molar-refractivity contribution < 1.29 is 19.6 Å². The molecular formula is C32H27N3O5S. The minimum Gasteiger partial charge on any atom is -0.480 e. The molecule has 0 radical (unpaired) electrons. The first-order valence-electron chi connectivity index (χ1n) is 13.0. The van der Waals surface area contributed by atoms with Gasteiger partial charge in [0.15, 0.2) is 0 Å². The third-order valence-corrected chi connectivity index (χ3v) is 7.81. The summed E-state index contributed by atoms with van der Waals surface area (Å²) in [6, 6.07) is 31.6. The van der Waals surface area contributed by atoms with Gasteiger partial charge in [-0.15, -0.1) is 0 Å². The van der Waals surface area contributed by atoms with E-state index in [4.69, 9.17) is 0 Å². The maximum atomic E-state index is 12.4. The zero-order valence-electron chi connectivity index (χ0n) is 22.0. The van der Waals surface area contributed by atoms with Crippen molar-refractivity contribution >= 4 is 40.2 Å². The summed E-state index contributed by atoms with van der Waals surface area (Å²) in [5.41, 5.74) is 5.81. The van der Waals surface area contributed by atoms with Crippen molar-refractivity contribution in [3.05, 3.63) is 131 Å². The molecule has 41 heavy (non-hydrogen) atoms. The highest BCUT2D eigenvalue weighted by atomic mass is 32.2. The average Bonchev–Trinajstić information content (AvgIpc) is 3.41. The SMILES string of the molecule is O=C(Cc1cccc([N+](=O)[O-])c1)N[C@@H](CSCc1ccc(-c2ccc(-n3ccc4ccccc43)cc2)cc1)C(=O)O. The highest BCUT2D eigenvalue weighted by Gasteiger charge is 2.20. The number of rotatable bonds is 11. The molecule has 9 heteroatoms. The molecule has 0 aliphatic rings. The summed E-state index contributed by atoms with van der Waals surface area (Å²) >= 11 is 1.41.